The molecule has 32 heavy (non-hydrogen) atoms. The number of aromatic amines is 1. The highest BCUT2D eigenvalue weighted by Crippen LogP contribution is 2.34. The topological polar surface area (TPSA) is 83.9 Å². The van der Waals surface area contributed by atoms with Crippen LogP contribution in [0.2, 0.25) is 0 Å². The van der Waals surface area contributed by atoms with Gasteiger partial charge in [-0.25, -0.2) is 9.67 Å². The highest BCUT2D eigenvalue weighted by molar-refractivity contribution is 7.99. The van der Waals surface area contributed by atoms with Gasteiger partial charge in [-0.1, -0.05) is 30.0 Å². The second-order valence-corrected chi connectivity index (χ2v) is 9.98. The van der Waals surface area contributed by atoms with E-state index in [4.69, 9.17) is 0 Å². The van der Waals surface area contributed by atoms with Crippen LogP contribution in [0, 0.1) is 0 Å². The molecule has 3 aromatic heterocycles. The van der Waals surface area contributed by atoms with Crippen molar-refractivity contribution in [2.45, 2.75) is 37.4 Å². The standard InChI is InChI=1S/C23H23N5O2S2/c1-27(12-15-11-24-28(13-15)16-7-3-2-4-8-16)19(29)14-31-23-25-21(30)20-17-9-5-6-10-18(17)32-22(20)26-23/h2-4,7-8,11,13H,5-6,9-10,12,14H2,1H3,(H,25,26,30). The maximum atomic E-state index is 12.7. The molecule has 0 radical (unpaired) electrons. The number of aryl methyl sites for hydroxylation is 2. The van der Waals surface area contributed by atoms with Gasteiger partial charge in [0.05, 0.1) is 23.0 Å². The number of H-pyrrole nitrogens is 1. The Kier molecular flexibility index (Phi) is 5.84. The van der Waals surface area contributed by atoms with Gasteiger partial charge in [0, 0.05) is 30.2 Å². The molecular formula is C23H23N5O2S2. The Hall–Kier alpha value is -2.91. The van der Waals surface area contributed by atoms with Gasteiger partial charge < -0.3 is 9.88 Å². The number of aromatic nitrogens is 4. The summed E-state index contributed by atoms with van der Waals surface area (Å²) < 4.78 is 1.80. The number of rotatable bonds is 6. The van der Waals surface area contributed by atoms with Crippen LogP contribution in [0.25, 0.3) is 15.9 Å². The summed E-state index contributed by atoms with van der Waals surface area (Å²) >= 11 is 2.89. The molecule has 0 fully saturated rings. The SMILES string of the molecule is CN(Cc1cnn(-c2ccccc2)c1)C(=O)CSc1nc2sc3c(c2c(=O)[nH]1)CCCC3. The molecule has 0 aliphatic heterocycles. The summed E-state index contributed by atoms with van der Waals surface area (Å²) in [7, 11) is 1.77. The maximum Gasteiger partial charge on any atom is 0.260 e. The zero-order valence-corrected chi connectivity index (χ0v) is 19.3. The van der Waals surface area contributed by atoms with Gasteiger partial charge in [0.2, 0.25) is 5.91 Å². The van der Waals surface area contributed by atoms with E-state index in [0.29, 0.717) is 11.7 Å². The number of carbonyl (C=O) groups is 1. The fourth-order valence-electron chi connectivity index (χ4n) is 3.98. The molecular weight excluding hydrogens is 442 g/mol. The minimum absolute atomic E-state index is 0.0318. The lowest BCUT2D eigenvalue weighted by Gasteiger charge is -2.15. The number of carbonyl (C=O) groups excluding carboxylic acids is 1. The largest absolute Gasteiger partial charge is 0.341 e. The molecule has 164 valence electrons. The Bertz CT molecular complexity index is 1330. The van der Waals surface area contributed by atoms with E-state index in [2.05, 4.69) is 15.1 Å². The number of thiophene rings is 1. The van der Waals surface area contributed by atoms with Gasteiger partial charge in [0.25, 0.3) is 5.56 Å². The van der Waals surface area contributed by atoms with E-state index < -0.39 is 0 Å². The first kappa shape index (κ1) is 21.0. The third kappa shape index (κ3) is 4.22. The van der Waals surface area contributed by atoms with Crippen molar-refractivity contribution in [3.63, 3.8) is 0 Å². The number of para-hydroxylation sites is 1. The van der Waals surface area contributed by atoms with E-state index in [1.807, 2.05) is 36.5 Å². The monoisotopic (exact) mass is 465 g/mol. The minimum atomic E-state index is -0.0916. The average Bonchev–Trinajstić information content (AvgIpc) is 3.42. The normalized spacial score (nSPS) is 13.3. The Morgan fingerprint density at radius 3 is 2.91 bits per heavy atom. The third-order valence-electron chi connectivity index (χ3n) is 5.64. The number of hydrogen-bond donors (Lipinski definition) is 1. The maximum absolute atomic E-state index is 12.7. The first-order valence-electron chi connectivity index (χ1n) is 10.6. The molecule has 9 heteroatoms. The van der Waals surface area contributed by atoms with Crippen LogP contribution in [0.1, 0.15) is 28.8 Å². The Morgan fingerprint density at radius 2 is 2.06 bits per heavy atom. The molecule has 1 aliphatic rings. The molecule has 1 aromatic carbocycles. The summed E-state index contributed by atoms with van der Waals surface area (Å²) in [4.78, 5) is 36.6. The van der Waals surface area contributed by atoms with Crippen LogP contribution in [-0.2, 0) is 24.2 Å². The van der Waals surface area contributed by atoms with Crippen molar-refractivity contribution in [3.8, 4) is 5.69 Å². The van der Waals surface area contributed by atoms with E-state index in [-0.39, 0.29) is 17.2 Å². The smallest absolute Gasteiger partial charge is 0.260 e. The highest BCUT2D eigenvalue weighted by atomic mass is 32.2. The number of amides is 1. The van der Waals surface area contributed by atoms with Gasteiger partial charge >= 0.3 is 0 Å². The Balaban J connectivity index is 1.23. The van der Waals surface area contributed by atoms with Crippen LogP contribution in [0.15, 0.2) is 52.7 Å². The van der Waals surface area contributed by atoms with Gasteiger partial charge in [-0.2, -0.15) is 5.10 Å². The van der Waals surface area contributed by atoms with Crippen molar-refractivity contribution in [1.29, 1.82) is 0 Å². The van der Waals surface area contributed by atoms with Crippen molar-refractivity contribution in [2.75, 3.05) is 12.8 Å². The minimum Gasteiger partial charge on any atom is -0.341 e. The van der Waals surface area contributed by atoms with Crippen LogP contribution in [0.5, 0.6) is 0 Å². The first-order chi connectivity index (χ1) is 15.6. The van der Waals surface area contributed by atoms with Crippen LogP contribution in [-0.4, -0.2) is 43.4 Å². The fourth-order valence-corrected chi connectivity index (χ4v) is 6.10. The van der Waals surface area contributed by atoms with Gasteiger partial charge in [0.15, 0.2) is 5.16 Å². The Labute approximate surface area is 193 Å². The van der Waals surface area contributed by atoms with Crippen molar-refractivity contribution in [3.05, 3.63) is 69.1 Å². The third-order valence-corrected chi connectivity index (χ3v) is 7.68. The molecule has 5 rings (SSSR count). The molecule has 1 amide bonds. The molecule has 1 N–H and O–H groups in total. The number of fused-ring (bicyclic) bond motifs is 3. The molecule has 3 heterocycles. The van der Waals surface area contributed by atoms with E-state index in [1.54, 1.807) is 34.2 Å². The highest BCUT2D eigenvalue weighted by Gasteiger charge is 2.20. The van der Waals surface area contributed by atoms with E-state index in [1.165, 1.54) is 28.6 Å². The number of benzene rings is 1. The lowest BCUT2D eigenvalue weighted by molar-refractivity contribution is -0.127. The van der Waals surface area contributed by atoms with Crippen molar-refractivity contribution < 1.29 is 4.79 Å². The summed E-state index contributed by atoms with van der Waals surface area (Å²) in [6, 6.07) is 9.85. The van der Waals surface area contributed by atoms with Crippen molar-refractivity contribution in [1.82, 2.24) is 24.6 Å². The zero-order valence-electron chi connectivity index (χ0n) is 17.7. The quantitative estimate of drug-likeness (QED) is 0.346. The molecule has 0 spiro atoms. The number of thioether (sulfide) groups is 1. The van der Waals surface area contributed by atoms with Gasteiger partial charge in [-0.3, -0.25) is 9.59 Å². The number of nitrogens with one attached hydrogen (secondary N) is 1. The predicted molar refractivity (Wildman–Crippen MR) is 128 cm³/mol. The molecule has 4 aromatic rings. The predicted octanol–water partition coefficient (Wildman–Crippen LogP) is 3.80. The first-order valence-corrected chi connectivity index (χ1v) is 12.4. The molecule has 0 atom stereocenters. The van der Waals surface area contributed by atoms with Gasteiger partial charge in [0.1, 0.15) is 4.83 Å². The zero-order chi connectivity index (χ0) is 22.1. The second-order valence-electron chi connectivity index (χ2n) is 7.93. The molecule has 0 bridgehead atoms. The van der Waals surface area contributed by atoms with Crippen molar-refractivity contribution >= 4 is 39.2 Å². The van der Waals surface area contributed by atoms with Crippen molar-refractivity contribution in [2.24, 2.45) is 0 Å². The lowest BCUT2D eigenvalue weighted by atomic mass is 9.97. The molecule has 0 saturated carbocycles. The van der Waals surface area contributed by atoms with Gasteiger partial charge in [-0.15, -0.1) is 11.3 Å². The summed E-state index contributed by atoms with van der Waals surface area (Å²) in [6.07, 6.45) is 7.98. The lowest BCUT2D eigenvalue weighted by Crippen LogP contribution is -2.27. The van der Waals surface area contributed by atoms with Crippen LogP contribution >= 0.6 is 23.1 Å². The molecule has 0 unspecified atom stereocenters. The average molecular weight is 466 g/mol. The van der Waals surface area contributed by atoms with Crippen LogP contribution in [0.3, 0.4) is 0 Å². The number of nitrogens with zero attached hydrogens (tertiary/aromatic N) is 4. The van der Waals surface area contributed by atoms with E-state index in [9.17, 15) is 9.59 Å². The van der Waals surface area contributed by atoms with Gasteiger partial charge in [-0.05, 0) is 43.4 Å². The summed E-state index contributed by atoms with van der Waals surface area (Å²) in [5.41, 5.74) is 3.01. The second kappa shape index (κ2) is 8.91. The van der Waals surface area contributed by atoms with Crippen LogP contribution in [0.4, 0.5) is 0 Å². The number of hydrogen-bond acceptors (Lipinski definition) is 6. The Morgan fingerprint density at radius 1 is 1.25 bits per heavy atom. The molecule has 0 saturated heterocycles. The summed E-state index contributed by atoms with van der Waals surface area (Å²) in [5.74, 6) is 0.179. The summed E-state index contributed by atoms with van der Waals surface area (Å²) in [5, 5.41) is 5.63. The van der Waals surface area contributed by atoms with E-state index in [0.717, 1.165) is 40.7 Å². The molecule has 1 aliphatic carbocycles. The fraction of sp³-hybridized carbons (Fsp3) is 0.304. The molecule has 7 nitrogen and oxygen atoms in total. The summed E-state index contributed by atoms with van der Waals surface area (Å²) in [6.45, 7) is 0.465. The van der Waals surface area contributed by atoms with Crippen LogP contribution < -0.4 is 5.56 Å². The van der Waals surface area contributed by atoms with E-state index >= 15 is 0 Å².